The van der Waals surface area contributed by atoms with Crippen molar-refractivity contribution >= 4 is 32.7 Å². The molecule has 2 rings (SSSR count). The molecule has 0 bridgehead atoms. The van der Waals surface area contributed by atoms with Gasteiger partial charge in [-0.1, -0.05) is 15.9 Å². The summed E-state index contributed by atoms with van der Waals surface area (Å²) in [6.45, 7) is 1.29. The predicted octanol–water partition coefficient (Wildman–Crippen LogP) is 3.25. The molecule has 0 aromatic heterocycles. The van der Waals surface area contributed by atoms with Gasteiger partial charge in [-0.05, 0) is 18.2 Å². The zero-order valence-electron chi connectivity index (χ0n) is 11.2. The van der Waals surface area contributed by atoms with Crippen LogP contribution in [0.1, 0.15) is 6.92 Å². The number of phenolic OH excluding ortho intramolecular Hbond substituents is 1. The van der Waals surface area contributed by atoms with Crippen molar-refractivity contribution in [2.24, 2.45) is 0 Å². The highest BCUT2D eigenvalue weighted by Gasteiger charge is 2.23. The Morgan fingerprint density at radius 2 is 1.75 bits per heavy atom. The van der Waals surface area contributed by atoms with Crippen molar-refractivity contribution in [1.29, 1.82) is 0 Å². The van der Waals surface area contributed by atoms with Gasteiger partial charge in [0.1, 0.15) is 0 Å². The fourth-order valence-electron chi connectivity index (χ4n) is 1.99. The second kappa shape index (κ2) is 5.58. The number of rotatable bonds is 3. The van der Waals surface area contributed by atoms with Crippen LogP contribution in [0.2, 0.25) is 0 Å². The van der Waals surface area contributed by atoms with E-state index < -0.39 is 5.97 Å². The Labute approximate surface area is 124 Å². The van der Waals surface area contributed by atoms with Crippen molar-refractivity contribution in [1.82, 2.24) is 0 Å². The molecule has 0 aliphatic rings. The van der Waals surface area contributed by atoms with Gasteiger partial charge >= 0.3 is 5.97 Å². The van der Waals surface area contributed by atoms with Gasteiger partial charge in [0.15, 0.2) is 11.5 Å². The lowest BCUT2D eigenvalue weighted by Gasteiger charge is -2.16. The number of ether oxygens (including phenoxy) is 3. The minimum atomic E-state index is -0.489. The van der Waals surface area contributed by atoms with Crippen LogP contribution in [0.4, 0.5) is 0 Å². The number of benzene rings is 2. The topological polar surface area (TPSA) is 65.0 Å². The van der Waals surface area contributed by atoms with Crippen LogP contribution in [-0.4, -0.2) is 25.3 Å². The number of fused-ring (bicyclic) bond motifs is 1. The maximum atomic E-state index is 11.3. The summed E-state index contributed by atoms with van der Waals surface area (Å²) in [7, 11) is 2.81. The summed E-state index contributed by atoms with van der Waals surface area (Å²) in [6.07, 6.45) is 0. The van der Waals surface area contributed by atoms with Gasteiger partial charge in [0.25, 0.3) is 0 Å². The lowest BCUT2D eigenvalue weighted by Crippen LogP contribution is -2.05. The highest BCUT2D eigenvalue weighted by molar-refractivity contribution is 9.10. The summed E-state index contributed by atoms with van der Waals surface area (Å²) in [6, 6.07) is 5.20. The first-order valence-electron chi connectivity index (χ1n) is 5.74. The monoisotopic (exact) mass is 340 g/mol. The molecule has 0 aliphatic carbocycles. The average Bonchev–Trinajstić information content (AvgIpc) is 2.40. The first kappa shape index (κ1) is 14.5. The smallest absolute Gasteiger partial charge is 0.308 e. The average molecular weight is 341 g/mol. The van der Waals surface area contributed by atoms with E-state index in [1.54, 1.807) is 18.2 Å². The Hall–Kier alpha value is -1.95. The van der Waals surface area contributed by atoms with Gasteiger partial charge in [-0.3, -0.25) is 4.79 Å². The van der Waals surface area contributed by atoms with E-state index >= 15 is 0 Å². The number of aromatic hydroxyl groups is 1. The largest absolute Gasteiger partial charge is 0.504 e. The molecule has 0 unspecified atom stereocenters. The quantitative estimate of drug-likeness (QED) is 0.686. The van der Waals surface area contributed by atoms with Crippen LogP contribution in [0.15, 0.2) is 22.7 Å². The summed E-state index contributed by atoms with van der Waals surface area (Å²) in [4.78, 5) is 11.3. The Balaban J connectivity index is 2.91. The van der Waals surface area contributed by atoms with Crippen molar-refractivity contribution < 1.29 is 24.1 Å². The van der Waals surface area contributed by atoms with E-state index in [1.165, 1.54) is 21.1 Å². The van der Waals surface area contributed by atoms with E-state index in [1.807, 2.05) is 0 Å². The lowest BCUT2D eigenvalue weighted by molar-refractivity contribution is -0.131. The third kappa shape index (κ3) is 2.38. The number of carbonyl (C=O) groups is 1. The van der Waals surface area contributed by atoms with Crippen LogP contribution < -0.4 is 14.2 Å². The highest BCUT2D eigenvalue weighted by atomic mass is 79.9. The molecular formula is C14H13BrO5. The van der Waals surface area contributed by atoms with Crippen LogP contribution in [-0.2, 0) is 4.79 Å². The lowest BCUT2D eigenvalue weighted by atomic mass is 10.1. The molecule has 0 aliphatic heterocycles. The number of carbonyl (C=O) groups excluding carboxylic acids is 1. The Kier molecular flexibility index (Phi) is 4.04. The summed E-state index contributed by atoms with van der Waals surface area (Å²) in [5, 5.41) is 11.3. The molecule has 0 heterocycles. The van der Waals surface area contributed by atoms with E-state index in [9.17, 15) is 9.90 Å². The molecule has 5 nitrogen and oxygen atoms in total. The van der Waals surface area contributed by atoms with E-state index in [0.717, 1.165) is 4.47 Å². The fourth-order valence-corrected chi connectivity index (χ4v) is 2.35. The molecule has 0 amide bonds. The predicted molar refractivity (Wildman–Crippen MR) is 77.7 cm³/mol. The minimum Gasteiger partial charge on any atom is -0.504 e. The van der Waals surface area contributed by atoms with Gasteiger partial charge in [0, 0.05) is 22.2 Å². The van der Waals surface area contributed by atoms with Crippen LogP contribution in [0, 0.1) is 0 Å². The van der Waals surface area contributed by atoms with Crippen LogP contribution in [0.5, 0.6) is 23.0 Å². The zero-order chi connectivity index (χ0) is 14.9. The van der Waals surface area contributed by atoms with Gasteiger partial charge in [0.05, 0.1) is 14.2 Å². The first-order chi connectivity index (χ1) is 9.49. The van der Waals surface area contributed by atoms with Crippen molar-refractivity contribution in [3.8, 4) is 23.0 Å². The van der Waals surface area contributed by atoms with E-state index in [4.69, 9.17) is 14.2 Å². The van der Waals surface area contributed by atoms with Gasteiger partial charge in [-0.2, -0.15) is 0 Å². The summed E-state index contributed by atoms with van der Waals surface area (Å²) >= 11 is 3.35. The van der Waals surface area contributed by atoms with Crippen molar-refractivity contribution in [2.75, 3.05) is 14.2 Å². The van der Waals surface area contributed by atoms with E-state index in [0.29, 0.717) is 10.8 Å². The molecule has 0 saturated carbocycles. The first-order valence-corrected chi connectivity index (χ1v) is 6.53. The van der Waals surface area contributed by atoms with Crippen molar-refractivity contribution in [2.45, 2.75) is 6.92 Å². The molecule has 0 fully saturated rings. The highest BCUT2D eigenvalue weighted by Crippen LogP contribution is 2.50. The normalized spacial score (nSPS) is 10.4. The third-order valence-corrected chi connectivity index (χ3v) is 3.26. The maximum Gasteiger partial charge on any atom is 0.308 e. The molecule has 2 aromatic carbocycles. The molecular weight excluding hydrogens is 328 g/mol. The van der Waals surface area contributed by atoms with Gasteiger partial charge in [-0.15, -0.1) is 0 Å². The van der Waals surface area contributed by atoms with Crippen LogP contribution in [0.25, 0.3) is 10.8 Å². The third-order valence-electron chi connectivity index (χ3n) is 2.76. The number of hydrogen-bond acceptors (Lipinski definition) is 5. The molecule has 106 valence electrons. The summed E-state index contributed by atoms with van der Waals surface area (Å²) in [5.74, 6) is -0.0459. The molecule has 0 spiro atoms. The van der Waals surface area contributed by atoms with Gasteiger partial charge < -0.3 is 19.3 Å². The number of esters is 1. The Morgan fingerprint density at radius 3 is 2.30 bits per heavy atom. The standard InChI is InChI=1S/C14H13BrO5/c1-7(16)20-12-10-6-8(15)4-5-9(10)11(17)13(18-2)14(12)19-3/h4-6,17H,1-3H3. The Bertz CT molecular complexity index is 681. The molecule has 0 saturated heterocycles. The molecule has 1 N–H and O–H groups in total. The molecule has 6 heteroatoms. The second-order valence-electron chi connectivity index (χ2n) is 4.03. The molecule has 0 radical (unpaired) electrons. The number of halogens is 1. The number of methoxy groups -OCH3 is 2. The molecule has 0 atom stereocenters. The van der Waals surface area contributed by atoms with Gasteiger partial charge in [-0.25, -0.2) is 0 Å². The molecule has 2 aromatic rings. The number of hydrogen-bond donors (Lipinski definition) is 1. The van der Waals surface area contributed by atoms with Crippen molar-refractivity contribution in [3.05, 3.63) is 22.7 Å². The van der Waals surface area contributed by atoms with Gasteiger partial charge in [0.2, 0.25) is 11.5 Å². The Morgan fingerprint density at radius 1 is 1.10 bits per heavy atom. The van der Waals surface area contributed by atoms with Crippen molar-refractivity contribution in [3.63, 3.8) is 0 Å². The van der Waals surface area contributed by atoms with Crippen LogP contribution >= 0.6 is 15.9 Å². The SMILES string of the molecule is COc1c(OC)c(OC(C)=O)c2cc(Br)ccc2c1O. The maximum absolute atomic E-state index is 11.3. The van der Waals surface area contributed by atoms with E-state index in [-0.39, 0.29) is 23.0 Å². The number of phenols is 1. The second-order valence-corrected chi connectivity index (χ2v) is 4.94. The summed E-state index contributed by atoms with van der Waals surface area (Å²) < 4.78 is 16.4. The van der Waals surface area contributed by atoms with E-state index in [2.05, 4.69) is 15.9 Å². The van der Waals surface area contributed by atoms with Crippen LogP contribution in [0.3, 0.4) is 0 Å². The molecule has 20 heavy (non-hydrogen) atoms. The summed E-state index contributed by atoms with van der Waals surface area (Å²) in [5.41, 5.74) is 0. The minimum absolute atomic E-state index is 0.0669. The fraction of sp³-hybridized carbons (Fsp3) is 0.214. The zero-order valence-corrected chi connectivity index (χ0v) is 12.8.